The number of halogens is 2. The van der Waals surface area contributed by atoms with Gasteiger partial charge in [0.2, 0.25) is 5.91 Å². The molecule has 0 aliphatic carbocycles. The number of nitrogens with zero attached hydrogens (tertiary/aromatic N) is 4. The van der Waals surface area contributed by atoms with Gasteiger partial charge in [0.25, 0.3) is 0 Å². The van der Waals surface area contributed by atoms with Crippen LogP contribution in [0, 0.1) is 0 Å². The molecule has 0 atom stereocenters. The zero-order valence-corrected chi connectivity index (χ0v) is 22.2. The number of carbonyl (C=O) groups excluding carboxylic acids is 1. The second-order valence-corrected chi connectivity index (χ2v) is 11.2. The van der Waals surface area contributed by atoms with E-state index in [1.807, 2.05) is 17.0 Å². The predicted molar refractivity (Wildman–Crippen MR) is 142 cm³/mol. The zero-order chi connectivity index (χ0) is 24.5. The molecule has 4 rings (SSSR count). The van der Waals surface area contributed by atoms with E-state index in [1.165, 1.54) is 5.56 Å². The lowest BCUT2D eigenvalue weighted by molar-refractivity contribution is -0.126. The number of likely N-dealkylation sites (N-methyl/N-ethyl adjacent to an activating group) is 1. The Balaban J connectivity index is 1.51. The minimum atomic E-state index is 0.0494. The topological polar surface area (TPSA) is 61.4 Å². The molecule has 0 bridgehead atoms. The van der Waals surface area contributed by atoms with Crippen LogP contribution in [-0.4, -0.2) is 50.8 Å². The zero-order valence-electron chi connectivity index (χ0n) is 19.9. The van der Waals surface area contributed by atoms with Crippen molar-refractivity contribution < 1.29 is 4.79 Å². The second-order valence-electron chi connectivity index (χ2n) is 9.28. The molecule has 1 amide bonds. The first-order valence-electron chi connectivity index (χ1n) is 11.3. The van der Waals surface area contributed by atoms with Gasteiger partial charge in [-0.25, -0.2) is 9.97 Å². The van der Waals surface area contributed by atoms with Crippen LogP contribution in [-0.2, 0) is 17.8 Å². The highest BCUT2D eigenvalue weighted by molar-refractivity contribution is 7.19. The monoisotopic (exact) mass is 517 g/mol. The van der Waals surface area contributed by atoms with Crippen molar-refractivity contribution in [2.24, 2.45) is 0 Å². The molecule has 6 nitrogen and oxygen atoms in total. The van der Waals surface area contributed by atoms with Crippen LogP contribution in [0.25, 0.3) is 10.2 Å². The Morgan fingerprint density at radius 2 is 2.06 bits per heavy atom. The molecule has 3 heterocycles. The smallest absolute Gasteiger partial charge is 0.246 e. The van der Waals surface area contributed by atoms with Crippen LogP contribution in [0.5, 0.6) is 0 Å². The SMILES string of the molecule is CCN(CC=CC(=O)N1CCc2c(sc3ncnc(Nc4ccc(Cl)c(Cl)c4)c23)C1)C(C)(C)C. The van der Waals surface area contributed by atoms with Crippen molar-refractivity contribution in [3.05, 3.63) is 57.2 Å². The lowest BCUT2D eigenvalue weighted by Gasteiger charge is -2.33. The van der Waals surface area contributed by atoms with E-state index in [4.69, 9.17) is 23.2 Å². The third kappa shape index (κ3) is 5.38. The summed E-state index contributed by atoms with van der Waals surface area (Å²) in [6.07, 6.45) is 6.01. The normalized spacial score (nSPS) is 14.3. The Bertz CT molecular complexity index is 1230. The Hall–Kier alpha value is -2.19. The molecule has 34 heavy (non-hydrogen) atoms. The summed E-state index contributed by atoms with van der Waals surface area (Å²) in [6.45, 7) is 11.7. The van der Waals surface area contributed by atoms with Crippen LogP contribution in [0.15, 0.2) is 36.7 Å². The fraction of sp³-hybridized carbons (Fsp3) is 0.400. The standard InChI is InChI=1S/C25H29Cl2N5OS/c1-5-32(25(2,3)4)11-6-7-21(33)31-12-10-17-20(14-31)34-24-22(17)23(28-15-29-24)30-16-8-9-18(26)19(27)13-16/h6-9,13,15H,5,10-12,14H2,1-4H3,(H,28,29,30). The summed E-state index contributed by atoms with van der Waals surface area (Å²) >= 11 is 13.8. The van der Waals surface area contributed by atoms with E-state index in [0.717, 1.165) is 46.1 Å². The lowest BCUT2D eigenvalue weighted by atomic mass is 10.0. The molecule has 0 radical (unpaired) electrons. The molecular weight excluding hydrogens is 489 g/mol. The van der Waals surface area contributed by atoms with Crippen molar-refractivity contribution in [3.63, 3.8) is 0 Å². The van der Waals surface area contributed by atoms with E-state index in [1.54, 1.807) is 35.9 Å². The fourth-order valence-electron chi connectivity index (χ4n) is 4.18. The molecule has 0 unspecified atom stereocenters. The molecule has 2 aromatic heterocycles. The number of hydrogen-bond acceptors (Lipinski definition) is 6. The molecule has 0 saturated heterocycles. The Morgan fingerprint density at radius 1 is 1.26 bits per heavy atom. The van der Waals surface area contributed by atoms with Crippen LogP contribution in [0.2, 0.25) is 10.0 Å². The van der Waals surface area contributed by atoms with Gasteiger partial charge in [0.15, 0.2) is 0 Å². The van der Waals surface area contributed by atoms with Gasteiger partial charge >= 0.3 is 0 Å². The van der Waals surface area contributed by atoms with E-state index >= 15 is 0 Å². The van der Waals surface area contributed by atoms with Crippen molar-refractivity contribution >= 4 is 62.2 Å². The molecule has 0 spiro atoms. The number of rotatable bonds is 6. The third-order valence-corrected chi connectivity index (χ3v) is 7.91. The highest BCUT2D eigenvalue weighted by atomic mass is 35.5. The number of anilines is 2. The van der Waals surface area contributed by atoms with Crippen molar-refractivity contribution in [3.8, 4) is 0 Å². The quantitative estimate of drug-likeness (QED) is 0.388. The number of fused-ring (bicyclic) bond motifs is 3. The highest BCUT2D eigenvalue weighted by Crippen LogP contribution is 2.38. The number of amides is 1. The molecule has 9 heteroatoms. The first kappa shape index (κ1) is 24.9. The maximum atomic E-state index is 12.9. The van der Waals surface area contributed by atoms with Crippen molar-refractivity contribution in [1.29, 1.82) is 0 Å². The maximum Gasteiger partial charge on any atom is 0.246 e. The summed E-state index contributed by atoms with van der Waals surface area (Å²) in [4.78, 5) is 28.2. The summed E-state index contributed by atoms with van der Waals surface area (Å²) in [5, 5.41) is 5.36. The van der Waals surface area contributed by atoms with E-state index in [0.29, 0.717) is 23.1 Å². The average molecular weight is 519 g/mol. The molecule has 3 aromatic rings. The summed E-state index contributed by atoms with van der Waals surface area (Å²) in [5.41, 5.74) is 2.09. The van der Waals surface area contributed by atoms with Gasteiger partial charge in [0, 0.05) is 35.3 Å². The molecule has 0 saturated carbocycles. The molecule has 1 aliphatic rings. The van der Waals surface area contributed by atoms with Crippen LogP contribution in [0.4, 0.5) is 11.5 Å². The van der Waals surface area contributed by atoms with Crippen molar-refractivity contribution in [2.45, 2.75) is 46.2 Å². The van der Waals surface area contributed by atoms with Gasteiger partial charge in [-0.05, 0) is 57.5 Å². The highest BCUT2D eigenvalue weighted by Gasteiger charge is 2.26. The van der Waals surface area contributed by atoms with Crippen LogP contribution in [0.3, 0.4) is 0 Å². The van der Waals surface area contributed by atoms with Crippen LogP contribution < -0.4 is 5.32 Å². The molecule has 1 N–H and O–H groups in total. The van der Waals surface area contributed by atoms with Gasteiger partial charge in [0.1, 0.15) is 17.0 Å². The van der Waals surface area contributed by atoms with E-state index in [2.05, 4.69) is 47.9 Å². The van der Waals surface area contributed by atoms with E-state index in [9.17, 15) is 4.79 Å². The summed E-state index contributed by atoms with van der Waals surface area (Å²) < 4.78 is 0. The minimum absolute atomic E-state index is 0.0494. The summed E-state index contributed by atoms with van der Waals surface area (Å²) in [6, 6.07) is 5.40. The number of nitrogens with one attached hydrogen (secondary N) is 1. The number of aromatic nitrogens is 2. The molecular formula is C25H29Cl2N5OS. The van der Waals surface area contributed by atoms with Crippen molar-refractivity contribution in [2.75, 3.05) is 25.0 Å². The fourth-order valence-corrected chi connectivity index (χ4v) is 5.69. The average Bonchev–Trinajstić information content (AvgIpc) is 3.17. The van der Waals surface area contributed by atoms with Gasteiger partial charge in [-0.1, -0.05) is 36.2 Å². The molecule has 0 fully saturated rings. The number of thiophene rings is 1. The Kier molecular flexibility index (Phi) is 7.48. The first-order chi connectivity index (χ1) is 16.2. The van der Waals surface area contributed by atoms with Gasteiger partial charge in [-0.15, -0.1) is 11.3 Å². The van der Waals surface area contributed by atoms with E-state index in [-0.39, 0.29) is 11.4 Å². The predicted octanol–water partition coefficient (Wildman–Crippen LogP) is 6.30. The molecule has 180 valence electrons. The largest absolute Gasteiger partial charge is 0.340 e. The maximum absolute atomic E-state index is 12.9. The van der Waals surface area contributed by atoms with Crippen LogP contribution in [0.1, 0.15) is 38.1 Å². The van der Waals surface area contributed by atoms with Gasteiger partial charge in [-0.3, -0.25) is 9.69 Å². The summed E-state index contributed by atoms with van der Waals surface area (Å²) in [5.74, 6) is 0.788. The molecule has 1 aromatic carbocycles. The van der Waals surface area contributed by atoms with Gasteiger partial charge in [0.05, 0.1) is 22.0 Å². The Labute approximate surface area is 214 Å². The van der Waals surface area contributed by atoms with Crippen LogP contribution >= 0.6 is 34.5 Å². The number of hydrogen-bond donors (Lipinski definition) is 1. The van der Waals surface area contributed by atoms with E-state index < -0.39 is 0 Å². The Morgan fingerprint density at radius 3 is 2.76 bits per heavy atom. The third-order valence-electron chi connectivity index (χ3n) is 6.05. The molecule has 1 aliphatic heterocycles. The minimum Gasteiger partial charge on any atom is -0.340 e. The number of carbonyl (C=O) groups is 1. The lowest BCUT2D eigenvalue weighted by Crippen LogP contribution is -2.41. The van der Waals surface area contributed by atoms with Gasteiger partial charge < -0.3 is 10.2 Å². The second kappa shape index (κ2) is 10.2. The number of benzene rings is 1. The van der Waals surface area contributed by atoms with Gasteiger partial charge in [-0.2, -0.15) is 0 Å². The van der Waals surface area contributed by atoms with Crippen molar-refractivity contribution in [1.82, 2.24) is 19.8 Å². The summed E-state index contributed by atoms with van der Waals surface area (Å²) in [7, 11) is 0. The first-order valence-corrected chi connectivity index (χ1v) is 12.9.